The molecular weight excluding hydrogens is 346 g/mol. The van der Waals surface area contributed by atoms with Crippen LogP contribution in [0.3, 0.4) is 0 Å². The Kier molecular flexibility index (Phi) is 4.84. The lowest BCUT2D eigenvalue weighted by Gasteiger charge is -2.32. The van der Waals surface area contributed by atoms with Crippen molar-refractivity contribution in [1.29, 1.82) is 0 Å². The normalized spacial score (nSPS) is 17.5. The molecular formula is C20H21N3O2S. The molecule has 1 unspecified atom stereocenters. The highest BCUT2D eigenvalue weighted by Crippen LogP contribution is 2.27. The van der Waals surface area contributed by atoms with Gasteiger partial charge in [-0.25, -0.2) is 4.98 Å². The molecule has 1 fully saturated rings. The fourth-order valence-corrected chi connectivity index (χ4v) is 4.23. The minimum absolute atomic E-state index is 0.0548. The number of likely N-dealkylation sites (tertiary alicyclic amines) is 1. The molecule has 1 amide bonds. The molecule has 0 spiro atoms. The summed E-state index contributed by atoms with van der Waals surface area (Å²) < 4.78 is 0. The van der Waals surface area contributed by atoms with Gasteiger partial charge in [-0.2, -0.15) is 0 Å². The standard InChI is InChI=1S/C20H21N3O2S/c24-17(18-8-4-12-26-18)9-10-19(25)23-11-3-5-14(13-23)20-21-15-6-1-2-7-16(15)22-20/h1-2,4,6-8,12,14H,3,5,9-11,13H2,(H,21,22). The fourth-order valence-electron chi connectivity index (χ4n) is 3.53. The fraction of sp³-hybridized carbons (Fsp3) is 0.350. The Labute approximate surface area is 156 Å². The molecule has 2 aromatic heterocycles. The number of piperidine rings is 1. The van der Waals surface area contributed by atoms with Crippen LogP contribution in [0.25, 0.3) is 11.0 Å². The number of ketones is 1. The summed E-state index contributed by atoms with van der Waals surface area (Å²) in [6, 6.07) is 11.7. The van der Waals surface area contributed by atoms with Crippen molar-refractivity contribution in [3.63, 3.8) is 0 Å². The summed E-state index contributed by atoms with van der Waals surface area (Å²) >= 11 is 1.43. The third-order valence-electron chi connectivity index (χ3n) is 4.93. The molecule has 4 rings (SSSR count). The van der Waals surface area contributed by atoms with Crippen LogP contribution in [0.15, 0.2) is 41.8 Å². The zero-order valence-corrected chi connectivity index (χ0v) is 15.3. The Morgan fingerprint density at radius 2 is 2.08 bits per heavy atom. The van der Waals surface area contributed by atoms with Crippen LogP contribution in [-0.2, 0) is 4.79 Å². The number of rotatable bonds is 5. The number of nitrogens with one attached hydrogen (secondary N) is 1. The van der Waals surface area contributed by atoms with Gasteiger partial charge in [0, 0.05) is 31.8 Å². The minimum atomic E-state index is 0.0548. The summed E-state index contributed by atoms with van der Waals surface area (Å²) in [6.45, 7) is 1.44. The largest absolute Gasteiger partial charge is 0.342 e. The molecule has 0 aliphatic carbocycles. The summed E-state index contributed by atoms with van der Waals surface area (Å²) in [6.07, 6.45) is 2.55. The molecule has 1 aliphatic heterocycles. The number of para-hydroxylation sites is 2. The lowest BCUT2D eigenvalue weighted by atomic mass is 9.97. The van der Waals surface area contributed by atoms with Gasteiger partial charge in [0.1, 0.15) is 5.82 Å². The summed E-state index contributed by atoms with van der Waals surface area (Å²) in [4.78, 5) is 35.4. The number of aromatic amines is 1. The van der Waals surface area contributed by atoms with Gasteiger partial charge in [0.15, 0.2) is 5.78 Å². The first-order valence-corrected chi connectivity index (χ1v) is 9.88. The van der Waals surface area contributed by atoms with Gasteiger partial charge >= 0.3 is 0 Å². The third kappa shape index (κ3) is 3.55. The van der Waals surface area contributed by atoms with Crippen molar-refractivity contribution in [3.8, 4) is 0 Å². The van der Waals surface area contributed by atoms with Crippen LogP contribution in [0.1, 0.15) is 47.1 Å². The highest BCUT2D eigenvalue weighted by Gasteiger charge is 2.27. The van der Waals surface area contributed by atoms with E-state index in [2.05, 4.69) is 4.98 Å². The average molecular weight is 367 g/mol. The van der Waals surface area contributed by atoms with E-state index in [-0.39, 0.29) is 30.4 Å². The van der Waals surface area contributed by atoms with E-state index in [1.807, 2.05) is 46.7 Å². The van der Waals surface area contributed by atoms with Gasteiger partial charge in [0.25, 0.3) is 0 Å². The molecule has 3 aromatic rings. The first-order chi connectivity index (χ1) is 12.7. The Hall–Kier alpha value is -2.47. The number of benzene rings is 1. The molecule has 3 heterocycles. The Morgan fingerprint density at radius 3 is 2.88 bits per heavy atom. The molecule has 0 radical (unpaired) electrons. The smallest absolute Gasteiger partial charge is 0.223 e. The van der Waals surface area contributed by atoms with Crippen molar-refractivity contribution in [3.05, 3.63) is 52.5 Å². The molecule has 1 saturated heterocycles. The maximum atomic E-state index is 12.6. The SMILES string of the molecule is O=C(CCC(=O)N1CCCC(c2nc3ccccc3[nH]2)C1)c1cccs1. The van der Waals surface area contributed by atoms with Crippen LogP contribution in [0.4, 0.5) is 0 Å². The van der Waals surface area contributed by atoms with Crippen LogP contribution in [0.2, 0.25) is 0 Å². The van der Waals surface area contributed by atoms with E-state index < -0.39 is 0 Å². The number of carbonyl (C=O) groups is 2. The first kappa shape index (κ1) is 17.0. The maximum Gasteiger partial charge on any atom is 0.223 e. The molecule has 6 heteroatoms. The number of fused-ring (bicyclic) bond motifs is 1. The van der Waals surface area contributed by atoms with Gasteiger partial charge in [-0.1, -0.05) is 18.2 Å². The molecule has 0 saturated carbocycles. The number of imidazole rings is 1. The van der Waals surface area contributed by atoms with E-state index in [1.54, 1.807) is 0 Å². The highest BCUT2D eigenvalue weighted by molar-refractivity contribution is 7.12. The molecule has 1 aromatic carbocycles. The summed E-state index contributed by atoms with van der Waals surface area (Å²) in [5.74, 6) is 1.31. The number of aromatic nitrogens is 2. The van der Waals surface area contributed by atoms with Crippen molar-refractivity contribution < 1.29 is 9.59 Å². The Balaban J connectivity index is 1.38. The predicted molar refractivity (Wildman–Crippen MR) is 103 cm³/mol. The third-order valence-corrected chi connectivity index (χ3v) is 5.84. The number of H-pyrrole nitrogens is 1. The van der Waals surface area contributed by atoms with Crippen LogP contribution in [-0.4, -0.2) is 39.6 Å². The van der Waals surface area contributed by atoms with Crippen LogP contribution < -0.4 is 0 Å². The van der Waals surface area contributed by atoms with Gasteiger partial charge in [-0.3, -0.25) is 9.59 Å². The second-order valence-corrected chi connectivity index (χ2v) is 7.67. The predicted octanol–water partition coefficient (Wildman–Crippen LogP) is 3.99. The molecule has 1 N–H and O–H groups in total. The number of carbonyl (C=O) groups excluding carboxylic acids is 2. The van der Waals surface area contributed by atoms with Crippen molar-refractivity contribution in [2.24, 2.45) is 0 Å². The van der Waals surface area contributed by atoms with Crippen molar-refractivity contribution in [2.45, 2.75) is 31.6 Å². The van der Waals surface area contributed by atoms with Crippen LogP contribution in [0.5, 0.6) is 0 Å². The Morgan fingerprint density at radius 1 is 1.19 bits per heavy atom. The molecule has 1 aliphatic rings. The van der Waals surface area contributed by atoms with Crippen molar-refractivity contribution in [1.82, 2.24) is 14.9 Å². The summed E-state index contributed by atoms with van der Waals surface area (Å²) in [7, 11) is 0. The van der Waals surface area contributed by atoms with Gasteiger partial charge in [-0.05, 0) is 36.4 Å². The lowest BCUT2D eigenvalue weighted by molar-refractivity contribution is -0.132. The van der Waals surface area contributed by atoms with Crippen LogP contribution in [0, 0.1) is 0 Å². The van der Waals surface area contributed by atoms with Gasteiger partial charge < -0.3 is 9.88 Å². The molecule has 0 bridgehead atoms. The topological polar surface area (TPSA) is 66.1 Å². The van der Waals surface area contributed by atoms with Crippen molar-refractivity contribution >= 4 is 34.1 Å². The molecule has 134 valence electrons. The summed E-state index contributed by atoms with van der Waals surface area (Å²) in [5, 5.41) is 1.89. The van der Waals surface area contributed by atoms with Gasteiger partial charge in [0.2, 0.25) is 5.91 Å². The molecule has 5 nitrogen and oxygen atoms in total. The summed E-state index contributed by atoms with van der Waals surface area (Å²) in [5.41, 5.74) is 2.00. The van der Waals surface area contributed by atoms with Crippen LogP contribution >= 0.6 is 11.3 Å². The monoisotopic (exact) mass is 367 g/mol. The first-order valence-electron chi connectivity index (χ1n) is 9.00. The van der Waals surface area contributed by atoms with E-state index in [0.29, 0.717) is 6.54 Å². The lowest BCUT2D eigenvalue weighted by Crippen LogP contribution is -2.39. The molecule has 1 atom stereocenters. The zero-order chi connectivity index (χ0) is 17.9. The highest BCUT2D eigenvalue weighted by atomic mass is 32.1. The van der Waals surface area contributed by atoms with E-state index in [1.165, 1.54) is 11.3 Å². The average Bonchev–Trinajstić information content (AvgIpc) is 3.35. The number of nitrogens with zero attached hydrogens (tertiary/aromatic N) is 2. The van der Waals surface area contributed by atoms with Gasteiger partial charge in [0.05, 0.1) is 15.9 Å². The number of thiophene rings is 1. The number of hydrogen-bond acceptors (Lipinski definition) is 4. The van der Waals surface area contributed by atoms with E-state index in [0.717, 1.165) is 41.1 Å². The maximum absolute atomic E-state index is 12.6. The number of amides is 1. The number of Topliss-reactive ketones (excluding diaryl/α,β-unsaturated/α-hetero) is 1. The second-order valence-electron chi connectivity index (χ2n) is 6.72. The van der Waals surface area contributed by atoms with Gasteiger partial charge in [-0.15, -0.1) is 11.3 Å². The second kappa shape index (κ2) is 7.41. The quantitative estimate of drug-likeness (QED) is 0.693. The van der Waals surface area contributed by atoms with Crippen molar-refractivity contribution in [2.75, 3.05) is 13.1 Å². The minimum Gasteiger partial charge on any atom is -0.342 e. The molecule has 26 heavy (non-hydrogen) atoms. The van der Waals surface area contributed by atoms with E-state index in [4.69, 9.17) is 4.98 Å². The van der Waals surface area contributed by atoms with E-state index in [9.17, 15) is 9.59 Å². The van der Waals surface area contributed by atoms with E-state index >= 15 is 0 Å². The zero-order valence-electron chi connectivity index (χ0n) is 14.5. The number of hydrogen-bond donors (Lipinski definition) is 1. The Bertz CT molecular complexity index is 883.